The number of amides is 1. The predicted octanol–water partition coefficient (Wildman–Crippen LogP) is 3.51. The van der Waals surface area contributed by atoms with E-state index in [4.69, 9.17) is 0 Å². The molecular formula is C18H18FN3O3. The maximum Gasteiger partial charge on any atom is 0.306 e. The maximum atomic E-state index is 13.4. The van der Waals surface area contributed by atoms with Gasteiger partial charge in [0.05, 0.1) is 11.5 Å². The van der Waals surface area contributed by atoms with Crippen LogP contribution in [0.3, 0.4) is 0 Å². The third-order valence-corrected chi connectivity index (χ3v) is 4.38. The number of aryl methyl sites for hydroxylation is 1. The number of carbonyl (C=O) groups excluding carboxylic acids is 1. The topological polar surface area (TPSA) is 75.5 Å². The summed E-state index contributed by atoms with van der Waals surface area (Å²) in [6, 6.07) is 11.3. The number of nitro groups is 1. The Morgan fingerprint density at radius 3 is 2.88 bits per heavy atom. The first kappa shape index (κ1) is 16.9. The molecule has 2 aromatic rings. The number of nitrogens with zero attached hydrogens (tertiary/aromatic N) is 2. The first-order valence-corrected chi connectivity index (χ1v) is 8.05. The standard InChI is InChI=1S/C18H18FN3O3/c1-12-6-7-13-4-2-3-5-16(13)21(12)18(23)11-20-14-8-9-15(19)17(10-14)22(24)25/h2-5,8-10,12,20H,6-7,11H2,1H3. The highest BCUT2D eigenvalue weighted by molar-refractivity contribution is 5.97. The van der Waals surface area contributed by atoms with E-state index in [1.165, 1.54) is 6.07 Å². The summed E-state index contributed by atoms with van der Waals surface area (Å²) in [7, 11) is 0. The van der Waals surface area contributed by atoms with E-state index in [1.807, 2.05) is 31.2 Å². The molecule has 1 unspecified atom stereocenters. The van der Waals surface area contributed by atoms with E-state index in [1.54, 1.807) is 4.90 Å². The second-order valence-electron chi connectivity index (χ2n) is 6.06. The number of hydrogen-bond acceptors (Lipinski definition) is 4. The van der Waals surface area contributed by atoms with E-state index in [0.29, 0.717) is 5.69 Å². The zero-order valence-corrected chi connectivity index (χ0v) is 13.7. The van der Waals surface area contributed by atoms with Gasteiger partial charge >= 0.3 is 5.69 Å². The second-order valence-corrected chi connectivity index (χ2v) is 6.06. The van der Waals surface area contributed by atoms with Gasteiger partial charge in [0, 0.05) is 23.5 Å². The molecule has 6 nitrogen and oxygen atoms in total. The minimum atomic E-state index is -0.902. The first-order chi connectivity index (χ1) is 12.0. The Kier molecular flexibility index (Phi) is 4.65. The van der Waals surface area contributed by atoms with Crippen molar-refractivity contribution in [3.8, 4) is 0 Å². The molecular weight excluding hydrogens is 325 g/mol. The molecule has 0 fully saturated rings. The van der Waals surface area contributed by atoms with Crippen LogP contribution in [0.15, 0.2) is 42.5 Å². The Bertz CT molecular complexity index is 825. The minimum Gasteiger partial charge on any atom is -0.376 e. The van der Waals surface area contributed by atoms with Gasteiger partial charge in [-0.2, -0.15) is 4.39 Å². The Balaban J connectivity index is 1.75. The third-order valence-electron chi connectivity index (χ3n) is 4.38. The van der Waals surface area contributed by atoms with Crippen LogP contribution < -0.4 is 10.2 Å². The molecule has 0 aliphatic carbocycles. The highest BCUT2D eigenvalue weighted by atomic mass is 19.1. The number of fused-ring (bicyclic) bond motifs is 1. The van der Waals surface area contributed by atoms with Crippen LogP contribution in [0.2, 0.25) is 0 Å². The van der Waals surface area contributed by atoms with Crippen LogP contribution >= 0.6 is 0 Å². The zero-order chi connectivity index (χ0) is 18.0. The summed E-state index contributed by atoms with van der Waals surface area (Å²) in [6.45, 7) is 1.97. The fourth-order valence-corrected chi connectivity index (χ4v) is 3.09. The molecule has 1 N–H and O–H groups in total. The van der Waals surface area contributed by atoms with Crippen LogP contribution in [-0.4, -0.2) is 23.4 Å². The van der Waals surface area contributed by atoms with Crippen LogP contribution in [0.5, 0.6) is 0 Å². The van der Waals surface area contributed by atoms with Crippen molar-refractivity contribution in [2.24, 2.45) is 0 Å². The molecule has 0 bridgehead atoms. The van der Waals surface area contributed by atoms with Crippen LogP contribution in [-0.2, 0) is 11.2 Å². The third kappa shape index (κ3) is 3.45. The van der Waals surface area contributed by atoms with E-state index in [-0.39, 0.29) is 18.5 Å². The number of rotatable bonds is 4. The van der Waals surface area contributed by atoms with Crippen molar-refractivity contribution in [3.05, 3.63) is 64.0 Å². The van der Waals surface area contributed by atoms with E-state index in [0.717, 1.165) is 36.2 Å². The van der Waals surface area contributed by atoms with E-state index >= 15 is 0 Å². The Morgan fingerprint density at radius 1 is 1.36 bits per heavy atom. The van der Waals surface area contributed by atoms with Gasteiger partial charge in [0.1, 0.15) is 0 Å². The van der Waals surface area contributed by atoms with Gasteiger partial charge in [0.2, 0.25) is 11.7 Å². The van der Waals surface area contributed by atoms with E-state index in [2.05, 4.69) is 5.32 Å². The summed E-state index contributed by atoms with van der Waals surface area (Å²) in [5.41, 5.74) is 1.75. The van der Waals surface area contributed by atoms with Crippen molar-refractivity contribution < 1.29 is 14.1 Å². The summed E-state index contributed by atoms with van der Waals surface area (Å²) in [4.78, 5) is 24.5. The monoisotopic (exact) mass is 343 g/mol. The quantitative estimate of drug-likeness (QED) is 0.681. The highest BCUT2D eigenvalue weighted by Gasteiger charge is 2.27. The van der Waals surface area contributed by atoms with Crippen LogP contribution in [0.4, 0.5) is 21.5 Å². The molecule has 0 saturated heterocycles. The number of para-hydroxylation sites is 1. The zero-order valence-electron chi connectivity index (χ0n) is 13.7. The molecule has 1 atom stereocenters. The Labute approximate surface area is 144 Å². The molecule has 0 saturated carbocycles. The van der Waals surface area contributed by atoms with Gasteiger partial charge < -0.3 is 10.2 Å². The maximum absolute atomic E-state index is 13.4. The molecule has 0 aromatic heterocycles. The number of anilines is 2. The molecule has 25 heavy (non-hydrogen) atoms. The molecule has 1 heterocycles. The van der Waals surface area contributed by atoms with Gasteiger partial charge in [0.15, 0.2) is 0 Å². The van der Waals surface area contributed by atoms with Gasteiger partial charge in [-0.25, -0.2) is 0 Å². The highest BCUT2D eigenvalue weighted by Crippen LogP contribution is 2.30. The molecule has 0 radical (unpaired) electrons. The fourth-order valence-electron chi connectivity index (χ4n) is 3.09. The van der Waals surface area contributed by atoms with Crippen molar-refractivity contribution in [2.45, 2.75) is 25.8 Å². The summed E-state index contributed by atoms with van der Waals surface area (Å²) in [5.74, 6) is -1.04. The summed E-state index contributed by atoms with van der Waals surface area (Å²) in [5, 5.41) is 13.7. The van der Waals surface area contributed by atoms with E-state index in [9.17, 15) is 19.3 Å². The number of nitrogens with one attached hydrogen (secondary N) is 1. The average molecular weight is 343 g/mol. The van der Waals surface area contributed by atoms with Crippen molar-refractivity contribution in [3.63, 3.8) is 0 Å². The summed E-state index contributed by atoms with van der Waals surface area (Å²) < 4.78 is 13.4. The Hall–Kier alpha value is -2.96. The lowest BCUT2D eigenvalue weighted by atomic mass is 9.96. The number of hydrogen-bond donors (Lipinski definition) is 1. The largest absolute Gasteiger partial charge is 0.376 e. The average Bonchev–Trinajstić information content (AvgIpc) is 2.60. The van der Waals surface area contributed by atoms with Gasteiger partial charge in [-0.05, 0) is 43.5 Å². The van der Waals surface area contributed by atoms with Gasteiger partial charge in [0.25, 0.3) is 0 Å². The smallest absolute Gasteiger partial charge is 0.306 e. The predicted molar refractivity (Wildman–Crippen MR) is 93.3 cm³/mol. The van der Waals surface area contributed by atoms with Gasteiger partial charge in [-0.1, -0.05) is 18.2 Å². The lowest BCUT2D eigenvalue weighted by Crippen LogP contribution is -2.44. The molecule has 3 rings (SSSR count). The SMILES string of the molecule is CC1CCc2ccccc2N1C(=O)CNc1ccc(F)c([N+](=O)[O-])c1. The van der Waals surface area contributed by atoms with E-state index < -0.39 is 16.4 Å². The molecule has 1 aliphatic heterocycles. The van der Waals surface area contributed by atoms with Crippen LogP contribution in [0.25, 0.3) is 0 Å². The molecule has 130 valence electrons. The number of halogens is 1. The first-order valence-electron chi connectivity index (χ1n) is 8.05. The molecule has 1 amide bonds. The normalized spacial score (nSPS) is 16.2. The molecule has 7 heteroatoms. The van der Waals surface area contributed by atoms with Crippen molar-refractivity contribution in [1.82, 2.24) is 0 Å². The van der Waals surface area contributed by atoms with Crippen molar-refractivity contribution >= 4 is 23.0 Å². The van der Waals surface area contributed by atoms with Crippen LogP contribution in [0, 0.1) is 15.9 Å². The van der Waals surface area contributed by atoms with Gasteiger partial charge in [-0.15, -0.1) is 0 Å². The number of carbonyl (C=O) groups is 1. The summed E-state index contributed by atoms with van der Waals surface area (Å²) >= 11 is 0. The molecule has 0 spiro atoms. The molecule has 1 aliphatic rings. The van der Waals surface area contributed by atoms with Crippen molar-refractivity contribution in [1.29, 1.82) is 0 Å². The van der Waals surface area contributed by atoms with Gasteiger partial charge in [-0.3, -0.25) is 14.9 Å². The number of nitro benzene ring substituents is 1. The molecule has 2 aromatic carbocycles. The Morgan fingerprint density at radius 2 is 2.12 bits per heavy atom. The lowest BCUT2D eigenvalue weighted by Gasteiger charge is -2.35. The fraction of sp³-hybridized carbons (Fsp3) is 0.278. The van der Waals surface area contributed by atoms with Crippen molar-refractivity contribution in [2.75, 3.05) is 16.8 Å². The second kappa shape index (κ2) is 6.88. The minimum absolute atomic E-state index is 0.0263. The lowest BCUT2D eigenvalue weighted by molar-refractivity contribution is -0.387. The number of benzene rings is 2. The van der Waals surface area contributed by atoms with Crippen LogP contribution in [0.1, 0.15) is 18.9 Å². The summed E-state index contributed by atoms with van der Waals surface area (Å²) in [6.07, 6.45) is 1.81.